The maximum Gasteiger partial charge on any atom is 0.227 e. The number of rotatable bonds is 5. The molecule has 0 bridgehead atoms. The highest BCUT2D eigenvalue weighted by atomic mass is 16.2. The van der Waals surface area contributed by atoms with Crippen molar-refractivity contribution in [3.63, 3.8) is 0 Å². The van der Waals surface area contributed by atoms with Crippen LogP contribution in [-0.4, -0.2) is 36.3 Å². The molecular weight excluding hydrogens is 326 g/mol. The predicted molar refractivity (Wildman–Crippen MR) is 102 cm³/mol. The van der Waals surface area contributed by atoms with E-state index in [1.807, 2.05) is 4.90 Å². The molecule has 0 N–H and O–H groups in total. The molecule has 0 spiro atoms. The van der Waals surface area contributed by atoms with Crippen molar-refractivity contribution in [3.8, 4) is 0 Å². The highest BCUT2D eigenvalue weighted by Crippen LogP contribution is 2.33. The highest BCUT2D eigenvalue weighted by Gasteiger charge is 2.26. The van der Waals surface area contributed by atoms with E-state index in [4.69, 9.17) is 0 Å². The monoisotopic (exact) mass is 349 g/mol. The summed E-state index contributed by atoms with van der Waals surface area (Å²) in [6.07, 6.45) is 7.05. The van der Waals surface area contributed by atoms with Gasteiger partial charge in [0.1, 0.15) is 0 Å². The van der Waals surface area contributed by atoms with Gasteiger partial charge in [0.15, 0.2) is 5.78 Å². The first-order chi connectivity index (χ1) is 12.7. The summed E-state index contributed by atoms with van der Waals surface area (Å²) < 4.78 is 0. The minimum Gasteiger partial charge on any atom is -0.372 e. The molecule has 2 aliphatic rings. The number of aromatic nitrogens is 1. The molecule has 1 fully saturated rings. The lowest BCUT2D eigenvalue weighted by molar-refractivity contribution is -0.118. The average Bonchev–Trinajstić information content (AvgIpc) is 3.35. The SMILES string of the molecule is O=C(CCC(=O)N1CCc2cc(N3CCCC3)ccc21)c1cccnc1. The average molecular weight is 349 g/mol. The highest BCUT2D eigenvalue weighted by molar-refractivity contribution is 6.01. The molecule has 0 unspecified atom stereocenters. The Kier molecular flexibility index (Phi) is 4.69. The number of hydrogen-bond acceptors (Lipinski definition) is 4. The topological polar surface area (TPSA) is 53.5 Å². The van der Waals surface area contributed by atoms with Crippen LogP contribution in [-0.2, 0) is 11.2 Å². The molecule has 5 nitrogen and oxygen atoms in total. The van der Waals surface area contributed by atoms with E-state index in [1.165, 1.54) is 24.1 Å². The van der Waals surface area contributed by atoms with Crippen LogP contribution >= 0.6 is 0 Å². The van der Waals surface area contributed by atoms with E-state index in [0.717, 1.165) is 25.2 Å². The largest absolute Gasteiger partial charge is 0.372 e. The lowest BCUT2D eigenvalue weighted by Gasteiger charge is -2.20. The molecule has 2 aromatic rings. The fourth-order valence-electron chi connectivity index (χ4n) is 3.85. The second kappa shape index (κ2) is 7.28. The minimum atomic E-state index is -0.0322. The lowest BCUT2D eigenvalue weighted by Crippen LogP contribution is -2.29. The van der Waals surface area contributed by atoms with Crippen molar-refractivity contribution in [2.75, 3.05) is 29.4 Å². The number of anilines is 2. The van der Waals surface area contributed by atoms with Crippen LogP contribution in [0.5, 0.6) is 0 Å². The van der Waals surface area contributed by atoms with Crippen molar-refractivity contribution in [3.05, 3.63) is 53.9 Å². The van der Waals surface area contributed by atoms with E-state index in [-0.39, 0.29) is 24.5 Å². The molecular formula is C21H23N3O2. The van der Waals surface area contributed by atoms with Crippen LogP contribution < -0.4 is 9.80 Å². The van der Waals surface area contributed by atoms with Gasteiger partial charge in [0.25, 0.3) is 0 Å². The van der Waals surface area contributed by atoms with Crippen molar-refractivity contribution in [1.29, 1.82) is 0 Å². The fraction of sp³-hybridized carbons (Fsp3) is 0.381. The molecule has 26 heavy (non-hydrogen) atoms. The number of fused-ring (bicyclic) bond motifs is 1. The Hall–Kier alpha value is -2.69. The Morgan fingerprint density at radius 2 is 1.88 bits per heavy atom. The van der Waals surface area contributed by atoms with Gasteiger partial charge in [-0.2, -0.15) is 0 Å². The second-order valence-electron chi connectivity index (χ2n) is 6.97. The zero-order valence-corrected chi connectivity index (χ0v) is 14.9. The Labute approximate surface area is 153 Å². The molecule has 1 amide bonds. The van der Waals surface area contributed by atoms with Crippen LogP contribution in [0.3, 0.4) is 0 Å². The number of ketones is 1. The molecule has 3 heterocycles. The van der Waals surface area contributed by atoms with Gasteiger partial charge in [0, 0.05) is 61.8 Å². The minimum absolute atomic E-state index is 0.0231. The lowest BCUT2D eigenvalue weighted by atomic mass is 10.1. The van der Waals surface area contributed by atoms with Gasteiger partial charge < -0.3 is 9.80 Å². The van der Waals surface area contributed by atoms with Gasteiger partial charge in [-0.3, -0.25) is 14.6 Å². The summed E-state index contributed by atoms with van der Waals surface area (Å²) in [5, 5.41) is 0. The van der Waals surface area contributed by atoms with E-state index in [9.17, 15) is 9.59 Å². The molecule has 0 radical (unpaired) electrons. The molecule has 4 rings (SSSR count). The molecule has 5 heteroatoms. The van der Waals surface area contributed by atoms with Crippen LogP contribution in [0.25, 0.3) is 0 Å². The predicted octanol–water partition coefficient (Wildman–Crippen LogP) is 3.23. The van der Waals surface area contributed by atoms with Crippen molar-refractivity contribution in [1.82, 2.24) is 4.98 Å². The van der Waals surface area contributed by atoms with Crippen LogP contribution in [0.15, 0.2) is 42.7 Å². The Morgan fingerprint density at radius 3 is 2.65 bits per heavy atom. The summed E-state index contributed by atoms with van der Waals surface area (Å²) >= 11 is 0. The van der Waals surface area contributed by atoms with E-state index in [2.05, 4.69) is 28.1 Å². The standard InChI is InChI=1S/C21H23N3O2/c25-20(17-4-3-10-22-15-17)7-8-21(26)24-13-9-16-14-18(5-6-19(16)24)23-11-1-2-12-23/h3-6,10,14-15H,1-2,7-9,11-13H2. The molecule has 0 saturated carbocycles. The summed E-state index contributed by atoms with van der Waals surface area (Å²) in [6.45, 7) is 2.95. The van der Waals surface area contributed by atoms with Gasteiger partial charge in [-0.1, -0.05) is 0 Å². The van der Waals surface area contributed by atoms with E-state index >= 15 is 0 Å². The van der Waals surface area contributed by atoms with Gasteiger partial charge >= 0.3 is 0 Å². The second-order valence-corrected chi connectivity index (χ2v) is 6.97. The third-order valence-electron chi connectivity index (χ3n) is 5.28. The van der Waals surface area contributed by atoms with Crippen molar-refractivity contribution < 1.29 is 9.59 Å². The quantitative estimate of drug-likeness (QED) is 0.778. The number of hydrogen-bond donors (Lipinski definition) is 0. The molecule has 1 aromatic heterocycles. The number of Topliss-reactive ketones (excluding diaryl/α,β-unsaturated/α-hetero) is 1. The summed E-state index contributed by atoms with van der Waals surface area (Å²) in [7, 11) is 0. The third kappa shape index (κ3) is 3.34. The van der Waals surface area contributed by atoms with Crippen LogP contribution in [0.4, 0.5) is 11.4 Å². The molecule has 0 atom stereocenters. The maximum atomic E-state index is 12.6. The molecule has 1 aromatic carbocycles. The first-order valence-corrected chi connectivity index (χ1v) is 9.34. The Morgan fingerprint density at radius 1 is 1.04 bits per heavy atom. The zero-order valence-electron chi connectivity index (χ0n) is 14.9. The number of nitrogens with zero attached hydrogens (tertiary/aromatic N) is 3. The number of pyridine rings is 1. The molecule has 2 aliphatic heterocycles. The van der Waals surface area contributed by atoms with Gasteiger partial charge in [0.2, 0.25) is 5.91 Å². The smallest absolute Gasteiger partial charge is 0.227 e. The Bertz CT molecular complexity index is 813. The van der Waals surface area contributed by atoms with Crippen molar-refractivity contribution >= 4 is 23.1 Å². The van der Waals surface area contributed by atoms with E-state index in [0.29, 0.717) is 12.1 Å². The summed E-state index contributed by atoms with van der Waals surface area (Å²) in [6, 6.07) is 9.90. The summed E-state index contributed by atoms with van der Waals surface area (Å²) in [4.78, 5) is 33.0. The summed E-state index contributed by atoms with van der Waals surface area (Å²) in [5.74, 6) is -0.00911. The Balaban J connectivity index is 1.40. The van der Waals surface area contributed by atoms with Crippen molar-refractivity contribution in [2.45, 2.75) is 32.1 Å². The first-order valence-electron chi connectivity index (χ1n) is 9.34. The van der Waals surface area contributed by atoms with Crippen LogP contribution in [0.2, 0.25) is 0 Å². The van der Waals surface area contributed by atoms with Crippen LogP contribution in [0.1, 0.15) is 41.6 Å². The number of carbonyl (C=O) groups excluding carboxylic acids is 2. The molecule has 0 aliphatic carbocycles. The third-order valence-corrected chi connectivity index (χ3v) is 5.28. The zero-order chi connectivity index (χ0) is 17.9. The summed E-state index contributed by atoms with van der Waals surface area (Å²) in [5.41, 5.74) is 4.08. The first kappa shape index (κ1) is 16.8. The van der Waals surface area contributed by atoms with E-state index in [1.54, 1.807) is 24.5 Å². The van der Waals surface area contributed by atoms with Gasteiger partial charge in [0.05, 0.1) is 0 Å². The number of benzene rings is 1. The van der Waals surface area contributed by atoms with Crippen molar-refractivity contribution in [2.24, 2.45) is 0 Å². The van der Waals surface area contributed by atoms with Gasteiger partial charge in [-0.15, -0.1) is 0 Å². The molecule has 1 saturated heterocycles. The van der Waals surface area contributed by atoms with Gasteiger partial charge in [-0.25, -0.2) is 0 Å². The number of carbonyl (C=O) groups is 2. The number of amides is 1. The molecule has 134 valence electrons. The normalized spacial score (nSPS) is 16.0. The van der Waals surface area contributed by atoms with Crippen LogP contribution in [0, 0.1) is 0 Å². The van der Waals surface area contributed by atoms with Gasteiger partial charge in [-0.05, 0) is 55.2 Å². The maximum absolute atomic E-state index is 12.6. The van der Waals surface area contributed by atoms with E-state index < -0.39 is 0 Å². The fourth-order valence-corrected chi connectivity index (χ4v) is 3.85.